The summed E-state index contributed by atoms with van der Waals surface area (Å²) in [6, 6.07) is 23.4. The molecule has 6 nitrogen and oxygen atoms in total. The van der Waals surface area contributed by atoms with Crippen LogP contribution in [-0.2, 0) is 11.6 Å². The molecule has 2 aromatic carbocycles. The van der Waals surface area contributed by atoms with Crippen LogP contribution in [0.3, 0.4) is 0 Å². The van der Waals surface area contributed by atoms with E-state index in [1.807, 2.05) is 54.6 Å². The summed E-state index contributed by atoms with van der Waals surface area (Å²) in [5.74, 6) is 0. The van der Waals surface area contributed by atoms with Gasteiger partial charge in [0.2, 0.25) is 0 Å². The maximum Gasteiger partial charge on any atom is 0.268 e. The molecule has 0 bridgehead atoms. The van der Waals surface area contributed by atoms with Gasteiger partial charge in [-0.2, -0.15) is 0 Å². The third-order valence-electron chi connectivity index (χ3n) is 5.36. The van der Waals surface area contributed by atoms with E-state index in [2.05, 4.69) is 199 Å². The van der Waals surface area contributed by atoms with Gasteiger partial charge in [-0.1, -0.05) is 57.3 Å². The molecule has 46 heavy (non-hydrogen) atoms. The second-order valence-corrected chi connectivity index (χ2v) is 80.4. The predicted octanol–water partition coefficient (Wildman–Crippen LogP) is 16.8. The Balaban J connectivity index is 0.000000340. The fourth-order valence-corrected chi connectivity index (χ4v) is 4.68. The zero-order valence-electron chi connectivity index (χ0n) is 21.6. The molecule has 0 unspecified atom stereocenters. The van der Waals surface area contributed by atoms with E-state index in [1.165, 1.54) is 0 Å². The molecule has 0 aliphatic heterocycles. The number of rotatable bonds is 0. The number of nitrogens with zero attached hydrogens (tertiary/aromatic N) is 4. The van der Waals surface area contributed by atoms with Crippen LogP contribution in [0.5, 0.6) is 0 Å². The van der Waals surface area contributed by atoms with E-state index in [-0.39, 0.29) is 20.4 Å². The minimum Gasteiger partial charge on any atom is -0.309 e. The molecule has 4 heterocycles. The average molecular weight is 1380 g/mol. The van der Waals surface area contributed by atoms with Gasteiger partial charge in [0.1, 0.15) is 13.8 Å². The average Bonchev–Trinajstić information content (AvgIpc) is 2.88. The molecular weight excluding hydrogens is 1350 g/mol. The molecule has 0 aliphatic rings. The molecule has 0 saturated carbocycles. The fraction of sp³-hybridized carbons (Fsp3) is 0.111. The van der Waals surface area contributed by atoms with E-state index < -0.39 is 3.36 Å². The molecule has 0 spiro atoms. The molecule has 19 heteroatoms. The quantitative estimate of drug-likeness (QED) is 0.0860. The number of pyridine rings is 4. The number of aromatic nitrogens is 4. The van der Waals surface area contributed by atoms with Crippen LogP contribution in [0.2, 0.25) is 0 Å². The molecule has 6 aromatic rings. The summed E-state index contributed by atoms with van der Waals surface area (Å²) in [7, 11) is 1.77. The molecular formula is C27H23Br11N4O2P2. The van der Waals surface area contributed by atoms with Gasteiger partial charge >= 0.3 is 77.6 Å². The molecule has 0 saturated heterocycles. The van der Waals surface area contributed by atoms with Crippen molar-refractivity contribution in [2.45, 2.75) is 14.9 Å². The Kier molecular flexibility index (Phi) is 19.0. The van der Waals surface area contributed by atoms with Gasteiger partial charge in [0.25, 0.3) is 8.81 Å². The second-order valence-electron chi connectivity index (χ2n) is 8.45. The van der Waals surface area contributed by atoms with Crippen LogP contribution in [-0.4, -0.2) is 19.5 Å². The molecule has 4 aromatic heterocycles. The first-order chi connectivity index (χ1) is 20.1. The largest absolute Gasteiger partial charge is 0.309 e. The van der Waals surface area contributed by atoms with Crippen LogP contribution in [0.1, 0.15) is 14.9 Å². The minimum absolute atomic E-state index is 0. The minimum atomic E-state index is -2.20. The number of halogens is 11. The van der Waals surface area contributed by atoms with E-state index in [1.54, 1.807) is 17.7 Å². The SMILES string of the molecule is BrP(Br)(Br)(Br)Br.Brc1ccc2ccc3ccc(Br)nc3c2n1.C.C.Cn1c(=O)ccc2ccc3ccc(Br)nc3c21.O=P(Br)(Br)Br. The monoisotopic (exact) mass is 1370 g/mol. The van der Waals surface area contributed by atoms with Crippen molar-refractivity contribution < 1.29 is 4.57 Å². The van der Waals surface area contributed by atoms with Crippen molar-refractivity contribution in [3.05, 3.63) is 97.0 Å². The van der Waals surface area contributed by atoms with Crippen LogP contribution >= 0.6 is 175 Å². The van der Waals surface area contributed by atoms with Crippen molar-refractivity contribution >= 4 is 219 Å². The molecule has 0 fully saturated rings. The smallest absolute Gasteiger partial charge is 0.268 e. The van der Waals surface area contributed by atoms with E-state index in [9.17, 15) is 9.36 Å². The Labute approximate surface area is 356 Å². The van der Waals surface area contributed by atoms with Crippen molar-refractivity contribution in [2.24, 2.45) is 7.05 Å². The zero-order valence-corrected chi connectivity index (χ0v) is 40.8. The first kappa shape index (κ1) is 45.8. The number of aryl methyl sites for hydroxylation is 1. The summed E-state index contributed by atoms with van der Waals surface area (Å²) in [6.07, 6.45) is 0. The van der Waals surface area contributed by atoms with Crippen molar-refractivity contribution in [3.63, 3.8) is 0 Å². The Morgan fingerprint density at radius 1 is 0.565 bits per heavy atom. The van der Waals surface area contributed by atoms with Gasteiger partial charge in [-0.05, 0) is 72.1 Å². The van der Waals surface area contributed by atoms with Gasteiger partial charge in [-0.25, -0.2) is 15.0 Å². The summed E-state index contributed by atoms with van der Waals surface area (Å²) < 4.78 is 9.84. The third-order valence-corrected chi connectivity index (χ3v) is 6.68. The number of fused-ring (bicyclic) bond motifs is 6. The normalized spacial score (nSPS) is 11.8. The topological polar surface area (TPSA) is 77.7 Å². The van der Waals surface area contributed by atoms with Gasteiger partial charge in [-0.3, -0.25) is 9.36 Å². The first-order valence-electron chi connectivity index (χ1n) is 11.5. The van der Waals surface area contributed by atoms with Crippen LogP contribution in [0.15, 0.2) is 91.4 Å². The molecule has 0 atom stereocenters. The standard InChI is InChI=1S/C13H9BrN2O.C12H6Br2N2.2CH4.Br5P.Br3OP/c1-16-11(17)7-5-9-3-2-8-4-6-10(14)15-12(8)13(9)16;13-9-5-3-7-1-2-8-4-6-10(14)16-12(8)11(7)15-9;;;1-6(2,3,4)5;1-5(2,3)4/h2-7H,1H3;1-6H;2*1H4;;. The maximum atomic E-state index is 11.7. The van der Waals surface area contributed by atoms with Gasteiger partial charge < -0.3 is 4.57 Å². The van der Waals surface area contributed by atoms with Crippen LogP contribution in [0.25, 0.3) is 43.6 Å². The van der Waals surface area contributed by atoms with Crippen molar-refractivity contribution in [1.29, 1.82) is 0 Å². The molecule has 250 valence electrons. The van der Waals surface area contributed by atoms with Gasteiger partial charge in [0.05, 0.1) is 22.1 Å². The predicted molar refractivity (Wildman–Crippen MR) is 244 cm³/mol. The Morgan fingerprint density at radius 3 is 1.20 bits per heavy atom. The van der Waals surface area contributed by atoms with Crippen LogP contribution in [0.4, 0.5) is 0 Å². The summed E-state index contributed by atoms with van der Waals surface area (Å²) in [5.41, 5.74) is 3.54. The van der Waals surface area contributed by atoms with E-state index in [0.29, 0.717) is 0 Å². The summed E-state index contributed by atoms with van der Waals surface area (Å²) in [6.45, 7) is 0. The van der Waals surface area contributed by atoms with Crippen molar-refractivity contribution in [2.75, 3.05) is 0 Å². The number of hydrogen-bond acceptors (Lipinski definition) is 5. The van der Waals surface area contributed by atoms with Gasteiger partial charge in [0, 0.05) is 81.1 Å². The molecule has 0 aliphatic carbocycles. The third kappa shape index (κ3) is 16.0. The first-order valence-corrected chi connectivity index (χ1v) is 34.0. The van der Waals surface area contributed by atoms with Crippen molar-refractivity contribution in [1.82, 2.24) is 19.5 Å². The Bertz CT molecular complexity index is 2010. The molecule has 0 amide bonds. The molecule has 6 rings (SSSR count). The molecule has 0 radical (unpaired) electrons. The van der Waals surface area contributed by atoms with E-state index in [4.69, 9.17) is 0 Å². The number of hydrogen-bond donors (Lipinski definition) is 0. The Morgan fingerprint density at radius 2 is 0.826 bits per heavy atom. The zero-order chi connectivity index (χ0) is 33.1. The van der Waals surface area contributed by atoms with Crippen LogP contribution in [0, 0.1) is 0 Å². The van der Waals surface area contributed by atoms with Crippen molar-refractivity contribution in [3.8, 4) is 0 Å². The maximum absolute atomic E-state index is 11.7. The fourth-order valence-electron chi connectivity index (χ4n) is 3.76. The molecule has 0 N–H and O–H groups in total. The second kappa shape index (κ2) is 19.1. The van der Waals surface area contributed by atoms with E-state index in [0.717, 1.165) is 57.4 Å². The summed E-state index contributed by atoms with van der Waals surface area (Å²) in [5, 5.41) is 4.25. The summed E-state index contributed by atoms with van der Waals surface area (Å²) in [4.78, 5) is 25.1. The van der Waals surface area contributed by atoms with Gasteiger partial charge in [0.15, 0.2) is 0 Å². The Hall–Kier alpha value is 1.82. The van der Waals surface area contributed by atoms with Gasteiger partial charge in [-0.15, -0.1) is 0 Å². The number of benzene rings is 2. The summed E-state index contributed by atoms with van der Waals surface area (Å²) >= 11 is 34.8. The van der Waals surface area contributed by atoms with E-state index >= 15 is 0 Å². The van der Waals surface area contributed by atoms with Crippen LogP contribution < -0.4 is 5.56 Å².